The van der Waals surface area contributed by atoms with E-state index in [-0.39, 0.29) is 30.5 Å². The molecule has 326 valence electrons. The third-order valence-electron chi connectivity index (χ3n) is 12.2. The van der Waals surface area contributed by atoms with Crippen LogP contribution in [0.2, 0.25) is 0 Å². The summed E-state index contributed by atoms with van der Waals surface area (Å²) in [6.45, 7) is 4.15. The van der Waals surface area contributed by atoms with Gasteiger partial charge in [0.1, 0.15) is 11.5 Å². The number of aromatic nitrogens is 6. The molecule has 1 saturated heterocycles. The van der Waals surface area contributed by atoms with Gasteiger partial charge >= 0.3 is 0 Å². The molecule has 4 aromatic heterocycles. The number of hydrogen-bond acceptors (Lipinski definition) is 11. The fraction of sp³-hybridized carbons (Fsp3) is 0.224. The Balaban J connectivity index is 0.888. The number of pyridine rings is 1. The van der Waals surface area contributed by atoms with Gasteiger partial charge in [0.15, 0.2) is 5.13 Å². The zero-order valence-corrected chi connectivity index (χ0v) is 36.6. The van der Waals surface area contributed by atoms with Crippen LogP contribution in [-0.4, -0.2) is 66.2 Å². The van der Waals surface area contributed by atoms with Crippen molar-refractivity contribution in [1.29, 1.82) is 0 Å². The number of carbonyl (C=O) groups is 4. The van der Waals surface area contributed by atoms with Crippen LogP contribution in [-0.2, 0) is 47.5 Å². The van der Waals surface area contributed by atoms with Gasteiger partial charge in [-0.1, -0.05) is 72.0 Å². The molecule has 16 heteroatoms. The first-order valence-corrected chi connectivity index (χ1v) is 22.4. The quantitative estimate of drug-likeness (QED) is 0.0947. The third-order valence-corrected chi connectivity index (χ3v) is 13.2. The molecule has 0 aliphatic carbocycles. The molecule has 2 aliphatic heterocycles. The summed E-state index contributed by atoms with van der Waals surface area (Å²) in [6.07, 6.45) is 3.19. The monoisotopic (exact) mass is 883 g/mol. The molecule has 0 saturated carbocycles. The minimum absolute atomic E-state index is 0.187. The predicted molar refractivity (Wildman–Crippen MR) is 251 cm³/mol. The standard InChI is InChI=1S/C49H45N11O4S/c1-29-37(25-52-60(29)27-30-9-4-3-5-10-30)34-17-19-42(59-22-21-31-11-8-12-32(38(31)28-59)24-51-49-54-39-13-6-7-14-41(39)65-49)55-46(34)48(64)50-26-44(62)53-33-15-16-35-40(23-33)58(2)57-45(35)36-18-20-43(61)56-47(36)63/h3-17,19,23,25,36H,18,20-22,24,26-28H2,1-2H3,(H,50,64)(H,51,54)(H,53,62)(H,56,61,63). The van der Waals surface area contributed by atoms with Crippen molar-refractivity contribution in [3.05, 3.63) is 149 Å². The summed E-state index contributed by atoms with van der Waals surface area (Å²) in [4.78, 5) is 64.2. The molecule has 8 aromatic rings. The Hall–Kier alpha value is -7.72. The van der Waals surface area contributed by atoms with E-state index in [0.717, 1.165) is 44.0 Å². The highest BCUT2D eigenvalue weighted by atomic mass is 32.1. The van der Waals surface area contributed by atoms with E-state index >= 15 is 0 Å². The highest BCUT2D eigenvalue weighted by Gasteiger charge is 2.32. The minimum atomic E-state index is -0.549. The van der Waals surface area contributed by atoms with Gasteiger partial charge in [0.25, 0.3) is 5.91 Å². The van der Waals surface area contributed by atoms with Crippen LogP contribution in [0.25, 0.3) is 32.2 Å². The van der Waals surface area contributed by atoms with Gasteiger partial charge in [-0.05, 0) is 84.5 Å². The number of rotatable bonds is 12. The van der Waals surface area contributed by atoms with Crippen molar-refractivity contribution in [3.63, 3.8) is 0 Å². The average molecular weight is 884 g/mol. The van der Waals surface area contributed by atoms with Crippen LogP contribution in [0.4, 0.5) is 16.6 Å². The first-order chi connectivity index (χ1) is 31.6. The third kappa shape index (κ3) is 8.43. The number of anilines is 3. The molecule has 4 N–H and O–H groups in total. The fourth-order valence-corrected chi connectivity index (χ4v) is 9.66. The molecule has 6 heterocycles. The number of nitrogens with zero attached hydrogens (tertiary/aromatic N) is 7. The number of carbonyl (C=O) groups excluding carboxylic acids is 4. The maximum atomic E-state index is 14.3. The molecule has 10 rings (SSSR count). The number of piperidine rings is 1. The van der Waals surface area contributed by atoms with E-state index in [9.17, 15) is 19.2 Å². The van der Waals surface area contributed by atoms with Crippen molar-refractivity contribution in [2.75, 3.05) is 28.6 Å². The summed E-state index contributed by atoms with van der Waals surface area (Å²) < 4.78 is 4.70. The number of benzene rings is 4. The Morgan fingerprint density at radius 3 is 2.60 bits per heavy atom. The fourth-order valence-electron chi connectivity index (χ4n) is 8.80. The van der Waals surface area contributed by atoms with E-state index < -0.39 is 17.7 Å². The Bertz CT molecular complexity index is 3120. The minimum Gasteiger partial charge on any atom is -0.357 e. The number of thiazole rings is 1. The van der Waals surface area contributed by atoms with E-state index in [1.54, 1.807) is 47.5 Å². The summed E-state index contributed by atoms with van der Waals surface area (Å²) in [7, 11) is 1.76. The van der Waals surface area contributed by atoms with Gasteiger partial charge in [-0.25, -0.2) is 9.97 Å². The topological polar surface area (TPSA) is 181 Å². The molecule has 0 spiro atoms. The number of imide groups is 1. The second kappa shape index (κ2) is 17.4. The molecule has 2 aliphatic rings. The lowest BCUT2D eigenvalue weighted by molar-refractivity contribution is -0.134. The lowest BCUT2D eigenvalue weighted by Gasteiger charge is -2.31. The molecule has 15 nitrogen and oxygen atoms in total. The normalized spacial score (nSPS) is 14.9. The second-order valence-corrected chi connectivity index (χ2v) is 17.4. The second-order valence-electron chi connectivity index (χ2n) is 16.4. The van der Waals surface area contributed by atoms with E-state index in [0.29, 0.717) is 60.9 Å². The lowest BCUT2D eigenvalue weighted by atomic mass is 9.93. The van der Waals surface area contributed by atoms with Crippen molar-refractivity contribution in [2.45, 2.75) is 51.7 Å². The number of hydrogen-bond donors (Lipinski definition) is 4. The van der Waals surface area contributed by atoms with Crippen molar-refractivity contribution in [3.8, 4) is 11.1 Å². The van der Waals surface area contributed by atoms with E-state index in [1.807, 2.05) is 72.3 Å². The SMILES string of the molecule is Cc1c(-c2ccc(N3CCc4cccc(CNc5nc6ccccc6s5)c4C3)nc2C(=O)NCC(=O)Nc2ccc3c(C4CCC(=O)NC4=O)nn(C)c3c2)cnn1Cc1ccccc1. The van der Waals surface area contributed by atoms with Crippen molar-refractivity contribution in [1.82, 2.24) is 40.2 Å². The van der Waals surface area contributed by atoms with Crippen LogP contribution in [0.5, 0.6) is 0 Å². The van der Waals surface area contributed by atoms with Crippen LogP contribution in [0.15, 0.2) is 109 Å². The summed E-state index contributed by atoms with van der Waals surface area (Å²) >= 11 is 1.64. The van der Waals surface area contributed by atoms with Gasteiger partial charge in [0.2, 0.25) is 17.7 Å². The zero-order valence-electron chi connectivity index (χ0n) is 35.8. The van der Waals surface area contributed by atoms with Crippen molar-refractivity contribution >= 4 is 72.7 Å². The summed E-state index contributed by atoms with van der Waals surface area (Å²) in [5.74, 6) is -1.49. The maximum Gasteiger partial charge on any atom is 0.271 e. The molecule has 1 fully saturated rings. The average Bonchev–Trinajstić information content (AvgIpc) is 4.01. The van der Waals surface area contributed by atoms with Crippen LogP contribution in [0.3, 0.4) is 0 Å². The van der Waals surface area contributed by atoms with Gasteiger partial charge in [0, 0.05) is 61.0 Å². The molecule has 0 bridgehead atoms. The van der Waals surface area contributed by atoms with Crippen LogP contribution >= 0.6 is 11.3 Å². The summed E-state index contributed by atoms with van der Waals surface area (Å²) in [6, 6.07) is 33.8. The number of nitrogens with one attached hydrogen (secondary N) is 4. The van der Waals surface area contributed by atoms with E-state index in [2.05, 4.69) is 55.5 Å². The molecule has 0 radical (unpaired) electrons. The highest BCUT2D eigenvalue weighted by molar-refractivity contribution is 7.22. The summed E-state index contributed by atoms with van der Waals surface area (Å²) in [5, 5.41) is 22.6. The Kier molecular flexibility index (Phi) is 11.1. The van der Waals surface area contributed by atoms with Gasteiger partial charge in [-0.15, -0.1) is 0 Å². The maximum absolute atomic E-state index is 14.3. The summed E-state index contributed by atoms with van der Waals surface area (Å²) in [5.41, 5.74) is 9.96. The molecule has 1 unspecified atom stereocenters. The largest absolute Gasteiger partial charge is 0.357 e. The Morgan fingerprint density at radius 2 is 1.75 bits per heavy atom. The highest BCUT2D eigenvalue weighted by Crippen LogP contribution is 2.34. The molecular formula is C49H45N11O4S. The van der Waals surface area contributed by atoms with Gasteiger partial charge < -0.3 is 20.9 Å². The number of amides is 4. The van der Waals surface area contributed by atoms with E-state index in [1.165, 1.54) is 16.7 Å². The predicted octanol–water partition coefficient (Wildman–Crippen LogP) is 6.86. The smallest absolute Gasteiger partial charge is 0.271 e. The van der Waals surface area contributed by atoms with Crippen molar-refractivity contribution in [2.24, 2.45) is 7.05 Å². The molecule has 1 atom stereocenters. The zero-order chi connectivity index (χ0) is 44.6. The van der Waals surface area contributed by atoms with Gasteiger partial charge in [-0.3, -0.25) is 33.9 Å². The number of aryl methyl sites for hydroxylation is 1. The van der Waals surface area contributed by atoms with Crippen LogP contribution in [0, 0.1) is 6.92 Å². The number of para-hydroxylation sites is 1. The van der Waals surface area contributed by atoms with Gasteiger partial charge in [0.05, 0.1) is 46.6 Å². The molecule has 4 amide bonds. The Labute approximate surface area is 377 Å². The van der Waals surface area contributed by atoms with Gasteiger partial charge in [-0.2, -0.15) is 10.2 Å². The lowest BCUT2D eigenvalue weighted by Crippen LogP contribution is -2.39. The van der Waals surface area contributed by atoms with Crippen molar-refractivity contribution < 1.29 is 19.2 Å². The molecule has 4 aromatic carbocycles. The van der Waals surface area contributed by atoms with Crippen LogP contribution in [0.1, 0.15) is 62.9 Å². The number of fused-ring (bicyclic) bond motifs is 3. The molecule has 65 heavy (non-hydrogen) atoms. The first-order valence-electron chi connectivity index (χ1n) is 21.6. The molecular weight excluding hydrogens is 839 g/mol. The first kappa shape index (κ1) is 41.3. The Morgan fingerprint density at radius 1 is 0.908 bits per heavy atom. The van der Waals surface area contributed by atoms with Crippen LogP contribution < -0.4 is 26.2 Å². The van der Waals surface area contributed by atoms with E-state index in [4.69, 9.17) is 15.1 Å².